The third kappa shape index (κ3) is 6.14. The van der Waals surface area contributed by atoms with Crippen molar-refractivity contribution >= 4 is 48.6 Å². The van der Waals surface area contributed by atoms with Gasteiger partial charge in [-0.05, 0) is 104 Å². The molecular formula is C61H41NS. The molecule has 1 aliphatic carbocycles. The van der Waals surface area contributed by atoms with Crippen LogP contribution in [-0.4, -0.2) is 0 Å². The van der Waals surface area contributed by atoms with E-state index in [-0.39, 0.29) is 0 Å². The monoisotopic (exact) mass is 819 g/mol. The first-order valence-corrected chi connectivity index (χ1v) is 22.5. The largest absolute Gasteiger partial charge is 0.310 e. The Morgan fingerprint density at radius 1 is 0.317 bits per heavy atom. The Morgan fingerprint density at radius 3 is 1.46 bits per heavy atom. The molecule has 2 heteroatoms. The van der Waals surface area contributed by atoms with E-state index in [2.05, 4.69) is 254 Å². The molecule has 0 saturated heterocycles. The summed E-state index contributed by atoms with van der Waals surface area (Å²) in [7, 11) is 0. The minimum atomic E-state index is -0.545. The SMILES string of the molecule is c1ccc(-c2ccc(N(c3ccc(-c4ccc5c(c4)sc4ccccc45)cc3)c3cccc4c3-c3ccccc3C4(c3ccccc3)c3ccc(-c4ccccc4)cc3)cc2)cc1. The van der Waals surface area contributed by atoms with Gasteiger partial charge in [-0.15, -0.1) is 11.3 Å². The predicted molar refractivity (Wildman–Crippen MR) is 268 cm³/mol. The minimum absolute atomic E-state index is 0.545. The van der Waals surface area contributed by atoms with Crippen LogP contribution in [-0.2, 0) is 5.41 Å². The lowest BCUT2D eigenvalue weighted by molar-refractivity contribution is 0.768. The number of anilines is 3. The maximum Gasteiger partial charge on any atom is 0.0714 e. The van der Waals surface area contributed by atoms with Gasteiger partial charge in [0.15, 0.2) is 0 Å². The van der Waals surface area contributed by atoms with Gasteiger partial charge >= 0.3 is 0 Å². The van der Waals surface area contributed by atoms with Crippen LogP contribution in [0.15, 0.2) is 249 Å². The molecule has 1 unspecified atom stereocenters. The highest BCUT2D eigenvalue weighted by atomic mass is 32.1. The summed E-state index contributed by atoms with van der Waals surface area (Å²) >= 11 is 1.87. The van der Waals surface area contributed by atoms with E-state index in [0.29, 0.717) is 0 Å². The number of benzene rings is 10. The third-order valence-corrected chi connectivity index (χ3v) is 14.1. The molecule has 0 radical (unpaired) electrons. The first-order chi connectivity index (χ1) is 31.2. The molecule has 11 aromatic rings. The number of hydrogen-bond acceptors (Lipinski definition) is 2. The average Bonchev–Trinajstić information content (AvgIpc) is 3.89. The van der Waals surface area contributed by atoms with Gasteiger partial charge in [0.05, 0.1) is 11.1 Å². The summed E-state index contributed by atoms with van der Waals surface area (Å²) in [6.07, 6.45) is 0. The molecule has 1 atom stereocenters. The molecule has 0 bridgehead atoms. The topological polar surface area (TPSA) is 3.24 Å². The van der Waals surface area contributed by atoms with E-state index in [4.69, 9.17) is 0 Å². The number of thiophene rings is 1. The van der Waals surface area contributed by atoms with Crippen molar-refractivity contribution in [2.24, 2.45) is 0 Å². The molecular weight excluding hydrogens is 779 g/mol. The Morgan fingerprint density at radius 2 is 0.794 bits per heavy atom. The summed E-state index contributed by atoms with van der Waals surface area (Å²) in [5.41, 5.74) is 17.6. The first kappa shape index (κ1) is 37.0. The molecule has 296 valence electrons. The van der Waals surface area contributed by atoms with Crippen LogP contribution in [0, 0.1) is 0 Å². The predicted octanol–water partition coefficient (Wildman–Crippen LogP) is 16.9. The smallest absolute Gasteiger partial charge is 0.0714 e. The molecule has 1 aromatic heterocycles. The molecule has 1 heterocycles. The lowest BCUT2D eigenvalue weighted by Gasteiger charge is -2.34. The normalized spacial score (nSPS) is 14.1. The molecule has 10 aromatic carbocycles. The maximum atomic E-state index is 2.46. The van der Waals surface area contributed by atoms with Gasteiger partial charge in [0.2, 0.25) is 0 Å². The van der Waals surface area contributed by atoms with Gasteiger partial charge in [0, 0.05) is 37.1 Å². The molecule has 1 nitrogen and oxygen atoms in total. The second kappa shape index (κ2) is 15.3. The molecule has 63 heavy (non-hydrogen) atoms. The summed E-state index contributed by atoms with van der Waals surface area (Å²) in [5, 5.41) is 2.64. The standard InChI is InChI=1S/C61H41NS/c1-4-15-42(16-5-1)44-27-34-49(35-28-44)61(48-19-8-3-9-20-48)55-23-12-10-22-54(55)60-56(61)24-14-25-57(60)62(50-36-29-45(30-37-50)43-17-6-2-7-18-43)51-38-31-46(32-39-51)47-33-40-53-52-21-11-13-26-58(52)63-59(53)41-47/h1-41H. The Hall–Kier alpha value is -7.78. The Kier molecular flexibility index (Phi) is 8.98. The fraction of sp³-hybridized carbons (Fsp3) is 0.0164. The van der Waals surface area contributed by atoms with Gasteiger partial charge < -0.3 is 4.90 Å². The minimum Gasteiger partial charge on any atom is -0.310 e. The van der Waals surface area contributed by atoms with Crippen LogP contribution in [0.3, 0.4) is 0 Å². The van der Waals surface area contributed by atoms with Gasteiger partial charge in [-0.2, -0.15) is 0 Å². The fourth-order valence-corrected chi connectivity index (χ4v) is 11.2. The number of fused-ring (bicyclic) bond motifs is 6. The summed E-state index contributed by atoms with van der Waals surface area (Å²) in [4.78, 5) is 2.46. The van der Waals surface area contributed by atoms with Gasteiger partial charge in [0.25, 0.3) is 0 Å². The molecule has 0 N–H and O–H groups in total. The van der Waals surface area contributed by atoms with Gasteiger partial charge in [0.1, 0.15) is 0 Å². The van der Waals surface area contributed by atoms with Crippen LogP contribution in [0.1, 0.15) is 22.3 Å². The second-order valence-electron chi connectivity index (χ2n) is 16.4. The van der Waals surface area contributed by atoms with Crippen LogP contribution < -0.4 is 4.90 Å². The average molecular weight is 820 g/mol. The Labute approximate surface area is 372 Å². The van der Waals surface area contributed by atoms with Crippen molar-refractivity contribution in [2.45, 2.75) is 5.41 Å². The zero-order chi connectivity index (χ0) is 41.7. The van der Waals surface area contributed by atoms with E-state index in [1.165, 1.54) is 86.9 Å². The highest BCUT2D eigenvalue weighted by Gasteiger charge is 2.47. The molecule has 0 fully saturated rings. The van der Waals surface area contributed by atoms with Gasteiger partial charge in [-0.3, -0.25) is 0 Å². The summed E-state index contributed by atoms with van der Waals surface area (Å²) < 4.78 is 2.64. The fourth-order valence-electron chi connectivity index (χ4n) is 10.1. The van der Waals surface area contributed by atoms with E-state index in [1.807, 2.05) is 11.3 Å². The zero-order valence-electron chi connectivity index (χ0n) is 34.5. The number of nitrogens with zero attached hydrogens (tertiary/aromatic N) is 1. The Balaban J connectivity index is 1.04. The molecule has 0 spiro atoms. The first-order valence-electron chi connectivity index (χ1n) is 21.7. The van der Waals surface area contributed by atoms with Crippen LogP contribution >= 0.6 is 11.3 Å². The van der Waals surface area contributed by atoms with E-state index >= 15 is 0 Å². The zero-order valence-corrected chi connectivity index (χ0v) is 35.3. The van der Waals surface area contributed by atoms with Crippen LogP contribution in [0.5, 0.6) is 0 Å². The summed E-state index contributed by atoms with van der Waals surface area (Å²) in [5.74, 6) is 0. The number of hydrogen-bond donors (Lipinski definition) is 0. The van der Waals surface area contributed by atoms with Crippen molar-refractivity contribution < 1.29 is 0 Å². The van der Waals surface area contributed by atoms with Crippen LogP contribution in [0.25, 0.3) is 64.7 Å². The molecule has 0 amide bonds. The molecule has 12 rings (SSSR count). The van der Waals surface area contributed by atoms with Crippen molar-refractivity contribution in [3.8, 4) is 44.5 Å². The van der Waals surface area contributed by atoms with Crippen LogP contribution in [0.2, 0.25) is 0 Å². The van der Waals surface area contributed by atoms with Gasteiger partial charge in [-0.1, -0.05) is 206 Å². The maximum absolute atomic E-state index is 2.46. The van der Waals surface area contributed by atoms with E-state index in [1.54, 1.807) is 0 Å². The van der Waals surface area contributed by atoms with E-state index in [9.17, 15) is 0 Å². The van der Waals surface area contributed by atoms with E-state index < -0.39 is 5.41 Å². The second-order valence-corrected chi connectivity index (χ2v) is 17.5. The van der Waals surface area contributed by atoms with Gasteiger partial charge in [-0.25, -0.2) is 0 Å². The summed E-state index contributed by atoms with van der Waals surface area (Å²) in [6.45, 7) is 0. The number of rotatable bonds is 8. The highest BCUT2D eigenvalue weighted by Crippen LogP contribution is 2.59. The molecule has 1 aliphatic rings. The van der Waals surface area contributed by atoms with Crippen molar-refractivity contribution in [2.75, 3.05) is 4.90 Å². The molecule has 0 aliphatic heterocycles. The van der Waals surface area contributed by atoms with Crippen molar-refractivity contribution in [1.29, 1.82) is 0 Å². The summed E-state index contributed by atoms with van der Waals surface area (Å²) in [6, 6.07) is 91.5. The van der Waals surface area contributed by atoms with Crippen molar-refractivity contribution in [3.63, 3.8) is 0 Å². The quantitative estimate of drug-likeness (QED) is 0.148. The Bertz CT molecular complexity index is 3410. The molecule has 0 saturated carbocycles. The highest BCUT2D eigenvalue weighted by molar-refractivity contribution is 7.25. The van der Waals surface area contributed by atoms with E-state index in [0.717, 1.165) is 17.1 Å². The lowest BCUT2D eigenvalue weighted by Crippen LogP contribution is -2.28. The van der Waals surface area contributed by atoms with Crippen LogP contribution in [0.4, 0.5) is 17.1 Å². The third-order valence-electron chi connectivity index (χ3n) is 13.0. The van der Waals surface area contributed by atoms with Crippen molar-refractivity contribution in [3.05, 3.63) is 271 Å². The van der Waals surface area contributed by atoms with Crippen molar-refractivity contribution in [1.82, 2.24) is 0 Å². The lowest BCUT2D eigenvalue weighted by atomic mass is 9.67.